The lowest BCUT2D eigenvalue weighted by Gasteiger charge is -2.32. The van der Waals surface area contributed by atoms with Crippen molar-refractivity contribution in [2.24, 2.45) is 11.3 Å². The Morgan fingerprint density at radius 2 is 1.81 bits per heavy atom. The maximum Gasteiger partial charge on any atom is 0.407 e. The Morgan fingerprint density at radius 1 is 1.19 bits per heavy atom. The molecule has 0 heterocycles. The van der Waals surface area contributed by atoms with E-state index >= 15 is 0 Å². The first-order valence-electron chi connectivity index (χ1n) is 8.81. The van der Waals surface area contributed by atoms with Gasteiger partial charge in [0.15, 0.2) is 0 Å². The summed E-state index contributed by atoms with van der Waals surface area (Å²) < 4.78 is 10.6. The maximum atomic E-state index is 12.2. The molecule has 0 aliphatic heterocycles. The summed E-state index contributed by atoms with van der Waals surface area (Å²) in [6, 6.07) is 7.34. The Hall–Kier alpha value is -2.24. The number of methoxy groups -OCH3 is 1. The lowest BCUT2D eigenvalue weighted by atomic mass is 9.75. The highest BCUT2D eigenvalue weighted by molar-refractivity contribution is 5.77. The molecule has 0 fully saturated rings. The van der Waals surface area contributed by atoms with Crippen LogP contribution in [0, 0.1) is 11.3 Å². The van der Waals surface area contributed by atoms with Gasteiger partial charge in [0.2, 0.25) is 0 Å². The Balaban J connectivity index is 3.09. The van der Waals surface area contributed by atoms with Crippen molar-refractivity contribution in [3.63, 3.8) is 0 Å². The van der Waals surface area contributed by atoms with E-state index in [1.54, 1.807) is 33.9 Å². The molecule has 6 heteroatoms. The molecule has 0 saturated carbocycles. The van der Waals surface area contributed by atoms with Gasteiger partial charge < -0.3 is 19.9 Å². The standard InChI is InChI=1S/C20H31NO5/c1-14(2)11-20(17(22)23,13-21-18(24)26-19(3,4)5)12-15-9-7-8-10-16(15)25-6/h7-10,14H,11-13H2,1-6H3,(H,21,24)(H,22,23). The normalized spacial score (nSPS) is 13.8. The van der Waals surface area contributed by atoms with Crippen molar-refractivity contribution in [1.29, 1.82) is 0 Å². The van der Waals surface area contributed by atoms with Gasteiger partial charge in [0.05, 0.1) is 12.5 Å². The molecule has 6 nitrogen and oxygen atoms in total. The van der Waals surface area contributed by atoms with E-state index in [0.717, 1.165) is 5.56 Å². The predicted octanol–water partition coefficient (Wildman–Crippen LogP) is 3.88. The molecule has 0 radical (unpaired) electrons. The van der Waals surface area contributed by atoms with E-state index in [-0.39, 0.29) is 18.9 Å². The predicted molar refractivity (Wildman–Crippen MR) is 100 cm³/mol. The number of carbonyl (C=O) groups excluding carboxylic acids is 1. The molecule has 1 atom stereocenters. The second kappa shape index (κ2) is 8.92. The molecule has 0 aliphatic carbocycles. The van der Waals surface area contributed by atoms with E-state index in [1.165, 1.54) is 0 Å². The molecule has 1 aromatic rings. The van der Waals surface area contributed by atoms with Gasteiger partial charge in [0, 0.05) is 6.54 Å². The summed E-state index contributed by atoms with van der Waals surface area (Å²) in [5.74, 6) is -0.173. The molecule has 0 aliphatic rings. The van der Waals surface area contributed by atoms with Crippen LogP contribution in [0.5, 0.6) is 5.75 Å². The monoisotopic (exact) mass is 365 g/mol. The zero-order valence-corrected chi connectivity index (χ0v) is 16.6. The van der Waals surface area contributed by atoms with Crippen LogP contribution in [0.15, 0.2) is 24.3 Å². The quantitative estimate of drug-likeness (QED) is 0.730. The van der Waals surface area contributed by atoms with Crippen molar-refractivity contribution in [1.82, 2.24) is 5.32 Å². The molecule has 0 bridgehead atoms. The lowest BCUT2D eigenvalue weighted by molar-refractivity contribution is -0.149. The Labute approximate surface area is 155 Å². The largest absolute Gasteiger partial charge is 0.496 e. The van der Waals surface area contributed by atoms with E-state index in [1.807, 2.05) is 32.0 Å². The number of hydrogen-bond donors (Lipinski definition) is 2. The van der Waals surface area contributed by atoms with Crippen molar-refractivity contribution in [2.75, 3.05) is 13.7 Å². The van der Waals surface area contributed by atoms with Gasteiger partial charge in [-0.05, 0) is 51.2 Å². The molecule has 1 amide bonds. The minimum Gasteiger partial charge on any atom is -0.496 e. The van der Waals surface area contributed by atoms with Crippen LogP contribution in [-0.2, 0) is 16.0 Å². The Morgan fingerprint density at radius 3 is 2.31 bits per heavy atom. The first kappa shape index (κ1) is 21.8. The van der Waals surface area contributed by atoms with Crippen molar-refractivity contribution in [2.45, 2.75) is 53.1 Å². The van der Waals surface area contributed by atoms with Gasteiger partial charge in [-0.3, -0.25) is 4.79 Å². The smallest absolute Gasteiger partial charge is 0.407 e. The molecular weight excluding hydrogens is 334 g/mol. The maximum absolute atomic E-state index is 12.2. The summed E-state index contributed by atoms with van der Waals surface area (Å²) in [5.41, 5.74) is -1.000. The van der Waals surface area contributed by atoms with Gasteiger partial charge in [-0.15, -0.1) is 0 Å². The van der Waals surface area contributed by atoms with Crippen LogP contribution in [0.2, 0.25) is 0 Å². The second-order valence-corrected chi connectivity index (χ2v) is 8.03. The number of carbonyl (C=O) groups is 2. The van der Waals surface area contributed by atoms with E-state index < -0.39 is 23.1 Å². The summed E-state index contributed by atoms with van der Waals surface area (Å²) >= 11 is 0. The zero-order chi connectivity index (χ0) is 20.0. The fourth-order valence-corrected chi connectivity index (χ4v) is 3.00. The number of carboxylic acid groups (broad SMARTS) is 1. The summed E-state index contributed by atoms with van der Waals surface area (Å²) in [6.45, 7) is 9.20. The number of para-hydroxylation sites is 1. The zero-order valence-electron chi connectivity index (χ0n) is 16.6. The van der Waals surface area contributed by atoms with Gasteiger partial charge in [0.25, 0.3) is 0 Å². The van der Waals surface area contributed by atoms with Crippen LogP contribution in [-0.4, -0.2) is 36.4 Å². The van der Waals surface area contributed by atoms with Crippen molar-refractivity contribution < 1.29 is 24.2 Å². The Kier molecular flexibility index (Phi) is 7.48. The van der Waals surface area contributed by atoms with Crippen LogP contribution in [0.1, 0.15) is 46.6 Å². The summed E-state index contributed by atoms with van der Waals surface area (Å²) in [6.07, 6.45) is 0.0446. The van der Waals surface area contributed by atoms with Crippen LogP contribution >= 0.6 is 0 Å². The number of amides is 1. The van der Waals surface area contributed by atoms with Gasteiger partial charge in [-0.25, -0.2) is 4.79 Å². The molecule has 26 heavy (non-hydrogen) atoms. The van der Waals surface area contributed by atoms with Crippen LogP contribution in [0.4, 0.5) is 4.79 Å². The number of alkyl carbamates (subject to hydrolysis) is 1. The third kappa shape index (κ3) is 6.58. The number of carboxylic acids is 1. The number of nitrogens with one attached hydrogen (secondary N) is 1. The third-order valence-electron chi connectivity index (χ3n) is 3.94. The summed E-state index contributed by atoms with van der Waals surface area (Å²) in [5, 5.41) is 12.7. The summed E-state index contributed by atoms with van der Waals surface area (Å²) in [7, 11) is 1.56. The lowest BCUT2D eigenvalue weighted by Crippen LogP contribution is -2.46. The van der Waals surface area contributed by atoms with E-state index in [4.69, 9.17) is 9.47 Å². The van der Waals surface area contributed by atoms with E-state index in [9.17, 15) is 14.7 Å². The molecule has 0 saturated heterocycles. The summed E-state index contributed by atoms with van der Waals surface area (Å²) in [4.78, 5) is 24.3. The number of rotatable bonds is 8. The first-order valence-corrected chi connectivity index (χ1v) is 8.81. The topological polar surface area (TPSA) is 84.9 Å². The molecule has 0 aromatic heterocycles. The van der Waals surface area contributed by atoms with Gasteiger partial charge in [-0.2, -0.15) is 0 Å². The van der Waals surface area contributed by atoms with Crippen LogP contribution in [0.3, 0.4) is 0 Å². The van der Waals surface area contributed by atoms with E-state index in [0.29, 0.717) is 12.2 Å². The highest BCUT2D eigenvalue weighted by atomic mass is 16.6. The average molecular weight is 365 g/mol. The highest BCUT2D eigenvalue weighted by Crippen LogP contribution is 2.34. The fourth-order valence-electron chi connectivity index (χ4n) is 3.00. The molecule has 2 N–H and O–H groups in total. The van der Waals surface area contributed by atoms with Crippen LogP contribution in [0.25, 0.3) is 0 Å². The minimum absolute atomic E-state index is 0.0204. The number of benzene rings is 1. The number of aliphatic carboxylic acids is 1. The van der Waals surface area contributed by atoms with Crippen molar-refractivity contribution >= 4 is 12.1 Å². The van der Waals surface area contributed by atoms with Gasteiger partial charge in [-0.1, -0.05) is 32.0 Å². The molecule has 1 aromatic carbocycles. The molecule has 1 rings (SSSR count). The molecule has 1 unspecified atom stereocenters. The van der Waals surface area contributed by atoms with Crippen LogP contribution < -0.4 is 10.1 Å². The SMILES string of the molecule is COc1ccccc1CC(CNC(=O)OC(C)(C)C)(CC(C)C)C(=O)O. The third-order valence-corrected chi connectivity index (χ3v) is 3.94. The van der Waals surface area contributed by atoms with Crippen molar-refractivity contribution in [3.8, 4) is 5.75 Å². The van der Waals surface area contributed by atoms with Gasteiger partial charge >= 0.3 is 12.1 Å². The van der Waals surface area contributed by atoms with Gasteiger partial charge in [0.1, 0.15) is 11.4 Å². The highest BCUT2D eigenvalue weighted by Gasteiger charge is 2.40. The minimum atomic E-state index is -1.15. The molecule has 0 spiro atoms. The number of ether oxygens (including phenoxy) is 2. The molecular formula is C20H31NO5. The first-order chi connectivity index (χ1) is 12.0. The molecule has 146 valence electrons. The van der Waals surface area contributed by atoms with E-state index in [2.05, 4.69) is 5.32 Å². The number of hydrogen-bond acceptors (Lipinski definition) is 4. The van der Waals surface area contributed by atoms with Crippen molar-refractivity contribution in [3.05, 3.63) is 29.8 Å². The second-order valence-electron chi connectivity index (χ2n) is 8.03. The Bertz CT molecular complexity index is 621. The fraction of sp³-hybridized carbons (Fsp3) is 0.600. The average Bonchev–Trinajstić information content (AvgIpc) is 2.50.